The Morgan fingerprint density at radius 2 is 2.05 bits per heavy atom. The first-order chi connectivity index (χ1) is 10.2. The third kappa shape index (κ3) is 4.22. The first-order valence-corrected chi connectivity index (χ1v) is 7.60. The number of nitrogens with one attached hydrogen (secondary N) is 1. The fourth-order valence-electron chi connectivity index (χ4n) is 2.95. The minimum Gasteiger partial charge on any atom is -0.396 e. The molecule has 0 aromatic heterocycles. The van der Waals surface area contributed by atoms with Gasteiger partial charge in [0.05, 0.1) is 0 Å². The topological polar surface area (TPSA) is 35.5 Å². The summed E-state index contributed by atoms with van der Waals surface area (Å²) >= 11 is 0. The van der Waals surface area contributed by atoms with Gasteiger partial charge in [-0.2, -0.15) is 0 Å². The zero-order valence-electron chi connectivity index (χ0n) is 12.5. The minimum absolute atomic E-state index is 0.184. The Morgan fingerprint density at radius 3 is 2.67 bits per heavy atom. The number of benzene rings is 1. The molecule has 1 aliphatic rings. The minimum atomic E-state index is -0.795. The first kappa shape index (κ1) is 16.3. The van der Waals surface area contributed by atoms with Crippen LogP contribution in [0.4, 0.5) is 8.78 Å². The summed E-state index contributed by atoms with van der Waals surface area (Å²) in [5, 5.41) is 12.2. The molecule has 118 valence electrons. The number of nitrogens with zero attached hydrogens (tertiary/aromatic N) is 1. The van der Waals surface area contributed by atoms with Crippen LogP contribution in [0.25, 0.3) is 0 Å². The maximum atomic E-state index is 13.8. The standard InChI is InChI=1S/C16H24F2N2O/c1-19-15(13-3-2-4-14(17)16(13)18)7-10-20-8-5-12(11-21)6-9-20/h2-4,12,15,19,21H,5-11H2,1H3. The summed E-state index contributed by atoms with van der Waals surface area (Å²) in [5.74, 6) is -1.13. The quantitative estimate of drug-likeness (QED) is 0.846. The lowest BCUT2D eigenvalue weighted by molar-refractivity contribution is 0.128. The van der Waals surface area contributed by atoms with E-state index in [9.17, 15) is 8.78 Å². The third-order valence-corrected chi connectivity index (χ3v) is 4.40. The van der Waals surface area contributed by atoms with Crippen LogP contribution in [-0.2, 0) is 0 Å². The average molecular weight is 298 g/mol. The van der Waals surface area contributed by atoms with Gasteiger partial charge in [0.25, 0.3) is 0 Å². The molecule has 1 aromatic carbocycles. The van der Waals surface area contributed by atoms with Crippen LogP contribution < -0.4 is 5.32 Å². The molecule has 1 unspecified atom stereocenters. The van der Waals surface area contributed by atoms with Gasteiger partial charge in [-0.1, -0.05) is 12.1 Å². The molecule has 2 rings (SSSR count). The highest BCUT2D eigenvalue weighted by Crippen LogP contribution is 2.23. The molecule has 0 spiro atoms. The number of aliphatic hydroxyl groups is 1. The van der Waals surface area contributed by atoms with Crippen molar-refractivity contribution in [2.24, 2.45) is 5.92 Å². The fraction of sp³-hybridized carbons (Fsp3) is 0.625. The van der Waals surface area contributed by atoms with E-state index >= 15 is 0 Å². The van der Waals surface area contributed by atoms with Gasteiger partial charge in [0, 0.05) is 18.2 Å². The molecule has 0 aliphatic carbocycles. The van der Waals surface area contributed by atoms with Gasteiger partial charge in [-0.05, 0) is 57.9 Å². The lowest BCUT2D eigenvalue weighted by Gasteiger charge is -2.32. The normalized spacial score (nSPS) is 18.9. The van der Waals surface area contributed by atoms with Crippen molar-refractivity contribution < 1.29 is 13.9 Å². The Labute approximate surface area is 125 Å². The lowest BCUT2D eigenvalue weighted by atomic mass is 9.97. The summed E-state index contributed by atoms with van der Waals surface area (Å²) in [4.78, 5) is 2.33. The largest absolute Gasteiger partial charge is 0.396 e. The number of likely N-dealkylation sites (tertiary alicyclic amines) is 1. The Hall–Kier alpha value is -1.04. The Morgan fingerprint density at radius 1 is 1.33 bits per heavy atom. The van der Waals surface area contributed by atoms with Crippen LogP contribution >= 0.6 is 0 Å². The molecule has 2 N–H and O–H groups in total. The van der Waals surface area contributed by atoms with Crippen molar-refractivity contribution in [3.8, 4) is 0 Å². The number of aliphatic hydroxyl groups excluding tert-OH is 1. The van der Waals surface area contributed by atoms with Gasteiger partial charge >= 0.3 is 0 Å². The maximum Gasteiger partial charge on any atom is 0.163 e. The second kappa shape index (κ2) is 7.82. The van der Waals surface area contributed by atoms with Gasteiger partial charge in [-0.15, -0.1) is 0 Å². The predicted octanol–water partition coefficient (Wildman–Crippen LogP) is 2.32. The van der Waals surface area contributed by atoms with E-state index in [1.807, 2.05) is 0 Å². The average Bonchev–Trinajstić information content (AvgIpc) is 2.52. The van der Waals surface area contributed by atoms with Gasteiger partial charge in [0.2, 0.25) is 0 Å². The van der Waals surface area contributed by atoms with Crippen LogP contribution in [0.3, 0.4) is 0 Å². The van der Waals surface area contributed by atoms with Crippen LogP contribution in [0, 0.1) is 17.6 Å². The van der Waals surface area contributed by atoms with Crippen molar-refractivity contribution in [3.05, 3.63) is 35.4 Å². The number of hydrogen-bond donors (Lipinski definition) is 2. The summed E-state index contributed by atoms with van der Waals surface area (Å²) in [6.07, 6.45) is 2.75. The van der Waals surface area contributed by atoms with Crippen molar-refractivity contribution >= 4 is 0 Å². The van der Waals surface area contributed by atoms with E-state index in [1.165, 1.54) is 0 Å². The van der Waals surface area contributed by atoms with E-state index < -0.39 is 11.6 Å². The number of piperidine rings is 1. The molecule has 3 nitrogen and oxygen atoms in total. The SMILES string of the molecule is CNC(CCN1CCC(CO)CC1)c1cccc(F)c1F. The molecule has 0 amide bonds. The molecule has 0 radical (unpaired) electrons. The van der Waals surface area contributed by atoms with E-state index in [1.54, 1.807) is 19.2 Å². The second-order valence-electron chi connectivity index (χ2n) is 5.74. The van der Waals surface area contributed by atoms with E-state index in [2.05, 4.69) is 10.2 Å². The van der Waals surface area contributed by atoms with Crippen LogP contribution in [0.15, 0.2) is 18.2 Å². The smallest absolute Gasteiger partial charge is 0.163 e. The summed E-state index contributed by atoms with van der Waals surface area (Å²) in [5.41, 5.74) is 0.391. The molecular formula is C16H24F2N2O. The molecule has 1 atom stereocenters. The molecule has 1 fully saturated rings. The van der Waals surface area contributed by atoms with Crippen molar-refractivity contribution in [1.82, 2.24) is 10.2 Å². The summed E-state index contributed by atoms with van der Waals surface area (Å²) in [6, 6.07) is 4.14. The summed E-state index contributed by atoms with van der Waals surface area (Å²) in [7, 11) is 1.77. The molecule has 0 saturated carbocycles. The molecule has 1 saturated heterocycles. The highest BCUT2D eigenvalue weighted by atomic mass is 19.2. The molecule has 0 bridgehead atoms. The van der Waals surface area contributed by atoms with E-state index in [0.717, 1.165) is 45.0 Å². The zero-order valence-corrected chi connectivity index (χ0v) is 12.5. The maximum absolute atomic E-state index is 13.8. The molecule has 21 heavy (non-hydrogen) atoms. The first-order valence-electron chi connectivity index (χ1n) is 7.60. The third-order valence-electron chi connectivity index (χ3n) is 4.40. The second-order valence-corrected chi connectivity index (χ2v) is 5.74. The molecular weight excluding hydrogens is 274 g/mol. The van der Waals surface area contributed by atoms with Gasteiger partial charge in [0.15, 0.2) is 11.6 Å². The van der Waals surface area contributed by atoms with Crippen molar-refractivity contribution in [3.63, 3.8) is 0 Å². The number of halogens is 2. The van der Waals surface area contributed by atoms with E-state index in [-0.39, 0.29) is 12.6 Å². The van der Waals surface area contributed by atoms with Gasteiger partial charge in [-0.3, -0.25) is 0 Å². The molecule has 1 aromatic rings. The molecule has 1 heterocycles. The number of rotatable bonds is 6. The van der Waals surface area contributed by atoms with Gasteiger partial charge in [0.1, 0.15) is 0 Å². The Bertz CT molecular complexity index is 448. The lowest BCUT2D eigenvalue weighted by Crippen LogP contribution is -2.36. The Balaban J connectivity index is 1.90. The van der Waals surface area contributed by atoms with Gasteiger partial charge in [-0.25, -0.2) is 8.78 Å². The highest BCUT2D eigenvalue weighted by Gasteiger charge is 2.21. The molecule has 1 aliphatic heterocycles. The van der Waals surface area contributed by atoms with Crippen LogP contribution in [0.5, 0.6) is 0 Å². The zero-order chi connectivity index (χ0) is 15.2. The van der Waals surface area contributed by atoms with Crippen molar-refractivity contribution in [2.45, 2.75) is 25.3 Å². The molecule has 5 heteroatoms. The van der Waals surface area contributed by atoms with Gasteiger partial charge < -0.3 is 15.3 Å². The highest BCUT2D eigenvalue weighted by molar-refractivity contribution is 5.22. The fourth-order valence-corrected chi connectivity index (χ4v) is 2.95. The Kier molecular flexibility index (Phi) is 6.08. The van der Waals surface area contributed by atoms with E-state index in [4.69, 9.17) is 5.11 Å². The summed E-state index contributed by atoms with van der Waals surface area (Å²) in [6.45, 7) is 3.04. The van der Waals surface area contributed by atoms with Crippen LogP contribution in [0.2, 0.25) is 0 Å². The predicted molar refractivity (Wildman–Crippen MR) is 79.0 cm³/mol. The van der Waals surface area contributed by atoms with Crippen molar-refractivity contribution in [1.29, 1.82) is 0 Å². The number of hydrogen-bond acceptors (Lipinski definition) is 3. The van der Waals surface area contributed by atoms with Crippen LogP contribution in [-0.4, -0.2) is 43.3 Å². The monoisotopic (exact) mass is 298 g/mol. The van der Waals surface area contributed by atoms with Crippen LogP contribution in [0.1, 0.15) is 30.9 Å². The van der Waals surface area contributed by atoms with E-state index in [0.29, 0.717) is 11.5 Å². The summed E-state index contributed by atoms with van der Waals surface area (Å²) < 4.78 is 27.2. The van der Waals surface area contributed by atoms with Crippen molar-refractivity contribution in [2.75, 3.05) is 33.3 Å².